The van der Waals surface area contributed by atoms with Gasteiger partial charge in [0.15, 0.2) is 0 Å². The molecular formula is C31H29N7O5S. The molecular weight excluding hydrogens is 582 g/mol. The van der Waals surface area contributed by atoms with E-state index in [1.165, 1.54) is 25.3 Å². The third-order valence-electron chi connectivity index (χ3n) is 7.96. The number of oxazole rings is 1. The van der Waals surface area contributed by atoms with E-state index in [0.29, 0.717) is 23.7 Å². The van der Waals surface area contributed by atoms with Gasteiger partial charge in [-0.2, -0.15) is 0 Å². The Hall–Kier alpha value is -4.91. The first-order valence-corrected chi connectivity index (χ1v) is 15.3. The van der Waals surface area contributed by atoms with Crippen molar-refractivity contribution < 1.29 is 23.5 Å². The first-order valence-electron chi connectivity index (χ1n) is 14.4. The summed E-state index contributed by atoms with van der Waals surface area (Å²) in [5.74, 6) is 0.698. The maximum atomic E-state index is 14.1. The zero-order valence-electron chi connectivity index (χ0n) is 23.8. The van der Waals surface area contributed by atoms with Crippen molar-refractivity contribution >= 4 is 23.3 Å². The van der Waals surface area contributed by atoms with E-state index in [0.717, 1.165) is 29.1 Å². The summed E-state index contributed by atoms with van der Waals surface area (Å²) in [6.45, 7) is 2.29. The zero-order valence-corrected chi connectivity index (χ0v) is 24.7. The highest BCUT2D eigenvalue weighted by molar-refractivity contribution is 7.09. The van der Waals surface area contributed by atoms with E-state index in [2.05, 4.69) is 30.9 Å². The molecule has 2 amide bonds. The Bertz CT molecular complexity index is 1800. The molecule has 224 valence electrons. The molecule has 4 aromatic heterocycles. The molecule has 0 bridgehead atoms. The van der Waals surface area contributed by atoms with Gasteiger partial charge in [-0.25, -0.2) is 19.7 Å². The first kappa shape index (κ1) is 27.9. The number of amides is 2. The van der Waals surface area contributed by atoms with Crippen LogP contribution in [0.25, 0.3) is 23.2 Å². The van der Waals surface area contributed by atoms with Gasteiger partial charge in [0, 0.05) is 29.8 Å². The number of likely N-dealkylation sites (tertiary alicyclic amines) is 1. The highest BCUT2D eigenvalue weighted by atomic mass is 32.1. The summed E-state index contributed by atoms with van der Waals surface area (Å²) < 4.78 is 11.6. The minimum absolute atomic E-state index is 0.0286. The quantitative estimate of drug-likeness (QED) is 0.208. The standard InChI is InChI=1S/C31H29N7O5S/c1-31(35-30(40)41,16-18-6-3-2-4-7-18)29-37-36-26(43-29)22-15-20(14-21(33-22)25-32-11-13-42-25)28(39)38-12-5-8-24(38)27-34-23(17-44-27)19-9-10-19/h2-4,6-7,11,13-15,17,19,24,35H,5,8-10,12,16H2,1H3,(H,40,41)/t24-,31-/m1/s1. The number of thiazole rings is 1. The molecule has 13 heteroatoms. The van der Waals surface area contributed by atoms with Gasteiger partial charge in [-0.05, 0) is 50.3 Å². The van der Waals surface area contributed by atoms with Crippen molar-refractivity contribution in [3.05, 3.63) is 88.0 Å². The number of pyridine rings is 1. The molecule has 2 aliphatic rings. The predicted molar refractivity (Wildman–Crippen MR) is 159 cm³/mol. The second kappa shape index (κ2) is 11.3. The Morgan fingerprint density at radius 2 is 1.89 bits per heavy atom. The van der Waals surface area contributed by atoms with Gasteiger partial charge in [0.2, 0.25) is 11.8 Å². The zero-order chi connectivity index (χ0) is 30.3. The topological polar surface area (TPSA) is 160 Å². The molecule has 1 aromatic carbocycles. The number of nitrogens with zero attached hydrogens (tertiary/aromatic N) is 6. The van der Waals surface area contributed by atoms with E-state index < -0.39 is 11.6 Å². The average Bonchev–Trinajstić information content (AvgIpc) is 3.54. The van der Waals surface area contributed by atoms with Gasteiger partial charge in [-0.3, -0.25) is 4.79 Å². The van der Waals surface area contributed by atoms with Gasteiger partial charge in [0.05, 0.1) is 17.9 Å². The summed E-state index contributed by atoms with van der Waals surface area (Å²) in [4.78, 5) is 41.4. The number of nitrogens with one attached hydrogen (secondary N) is 1. The normalized spacial score (nSPS) is 17.8. The van der Waals surface area contributed by atoms with Crippen LogP contribution in [-0.2, 0) is 12.0 Å². The largest absolute Gasteiger partial charge is 0.465 e. The van der Waals surface area contributed by atoms with E-state index in [-0.39, 0.29) is 41.7 Å². The van der Waals surface area contributed by atoms with E-state index in [1.807, 2.05) is 35.2 Å². The van der Waals surface area contributed by atoms with Gasteiger partial charge in [0.25, 0.3) is 11.8 Å². The van der Waals surface area contributed by atoms with E-state index >= 15 is 0 Å². The van der Waals surface area contributed by atoms with Crippen LogP contribution in [0.15, 0.2) is 69.1 Å². The predicted octanol–water partition coefficient (Wildman–Crippen LogP) is 5.82. The van der Waals surface area contributed by atoms with Crippen LogP contribution in [0.1, 0.15) is 77.1 Å². The van der Waals surface area contributed by atoms with Crippen molar-refractivity contribution in [2.75, 3.05) is 6.54 Å². The minimum Gasteiger partial charge on any atom is -0.465 e. The molecule has 1 aliphatic heterocycles. The molecule has 1 aliphatic carbocycles. The van der Waals surface area contributed by atoms with Gasteiger partial charge in [0.1, 0.15) is 28.2 Å². The highest BCUT2D eigenvalue weighted by Gasteiger charge is 2.37. The lowest BCUT2D eigenvalue weighted by molar-refractivity contribution is 0.0735. The van der Waals surface area contributed by atoms with Gasteiger partial charge in [-0.1, -0.05) is 30.3 Å². The molecule has 2 atom stereocenters. The first-order chi connectivity index (χ1) is 21.4. The summed E-state index contributed by atoms with van der Waals surface area (Å²) in [5, 5.41) is 23.6. The van der Waals surface area contributed by atoms with Crippen LogP contribution in [0.3, 0.4) is 0 Å². The number of carboxylic acid groups (broad SMARTS) is 1. The monoisotopic (exact) mass is 611 g/mol. The molecule has 12 nitrogen and oxygen atoms in total. The van der Waals surface area contributed by atoms with Crippen LogP contribution < -0.4 is 5.32 Å². The Balaban J connectivity index is 1.23. The summed E-state index contributed by atoms with van der Waals surface area (Å²) in [6, 6.07) is 12.6. The van der Waals surface area contributed by atoms with E-state index in [4.69, 9.17) is 13.8 Å². The maximum absolute atomic E-state index is 14.1. The Morgan fingerprint density at radius 3 is 2.61 bits per heavy atom. The van der Waals surface area contributed by atoms with Crippen molar-refractivity contribution in [1.82, 2.24) is 35.4 Å². The van der Waals surface area contributed by atoms with Crippen molar-refractivity contribution in [3.8, 4) is 23.2 Å². The Morgan fingerprint density at radius 1 is 1.09 bits per heavy atom. The molecule has 7 rings (SSSR count). The fraction of sp³-hybridized carbons (Fsp3) is 0.323. The second-order valence-corrected chi connectivity index (χ2v) is 12.2. The van der Waals surface area contributed by atoms with Gasteiger partial charge in [-0.15, -0.1) is 21.5 Å². The molecule has 5 aromatic rings. The van der Waals surface area contributed by atoms with E-state index in [9.17, 15) is 14.7 Å². The van der Waals surface area contributed by atoms with Crippen LogP contribution in [0.4, 0.5) is 4.79 Å². The lowest BCUT2D eigenvalue weighted by atomic mass is 9.93. The number of hydrogen-bond acceptors (Lipinski definition) is 10. The van der Waals surface area contributed by atoms with Crippen molar-refractivity contribution in [3.63, 3.8) is 0 Å². The fourth-order valence-electron chi connectivity index (χ4n) is 5.64. The molecule has 1 saturated heterocycles. The highest BCUT2D eigenvalue weighted by Crippen LogP contribution is 2.43. The Labute approximate surface area is 256 Å². The number of benzene rings is 1. The van der Waals surface area contributed by atoms with Crippen LogP contribution in [0.5, 0.6) is 0 Å². The third-order valence-corrected chi connectivity index (χ3v) is 8.92. The fourth-order valence-corrected chi connectivity index (χ4v) is 6.69. The average molecular weight is 612 g/mol. The number of hydrogen-bond donors (Lipinski definition) is 2. The van der Waals surface area contributed by atoms with Gasteiger partial charge >= 0.3 is 6.09 Å². The van der Waals surface area contributed by atoms with Crippen LogP contribution in [0.2, 0.25) is 0 Å². The summed E-state index contributed by atoms with van der Waals surface area (Å²) in [5.41, 5.74) is 1.71. The number of carbonyl (C=O) groups is 2. The van der Waals surface area contributed by atoms with Gasteiger partial charge < -0.3 is 24.2 Å². The molecule has 0 radical (unpaired) electrons. The Kier molecular flexibility index (Phi) is 7.17. The van der Waals surface area contributed by atoms with Crippen LogP contribution >= 0.6 is 11.3 Å². The summed E-state index contributed by atoms with van der Waals surface area (Å²) in [6.07, 6.45) is 6.04. The molecule has 5 heterocycles. The third kappa shape index (κ3) is 5.57. The lowest BCUT2D eigenvalue weighted by Crippen LogP contribution is -2.44. The lowest BCUT2D eigenvalue weighted by Gasteiger charge is -2.25. The van der Waals surface area contributed by atoms with Crippen LogP contribution in [0, 0.1) is 0 Å². The number of aromatic nitrogens is 5. The minimum atomic E-state index is -1.23. The molecule has 2 N–H and O–H groups in total. The van der Waals surface area contributed by atoms with E-state index in [1.54, 1.807) is 30.4 Å². The summed E-state index contributed by atoms with van der Waals surface area (Å²) in [7, 11) is 0. The van der Waals surface area contributed by atoms with Crippen molar-refractivity contribution in [2.45, 2.75) is 56.5 Å². The molecule has 2 fully saturated rings. The SMILES string of the molecule is C[C@](Cc1ccccc1)(NC(=O)O)c1nnc(-c2cc(C(=O)N3CCC[C@@H]3c3nc(C4CC4)cs3)cc(-c3ncco3)n2)o1. The maximum Gasteiger partial charge on any atom is 0.405 e. The number of carbonyl (C=O) groups excluding carboxylic acids is 1. The number of rotatable bonds is 9. The summed E-state index contributed by atoms with van der Waals surface area (Å²) >= 11 is 1.62. The molecule has 44 heavy (non-hydrogen) atoms. The molecule has 1 saturated carbocycles. The smallest absolute Gasteiger partial charge is 0.405 e. The van der Waals surface area contributed by atoms with Crippen molar-refractivity contribution in [1.29, 1.82) is 0 Å². The second-order valence-electron chi connectivity index (χ2n) is 11.3. The van der Waals surface area contributed by atoms with Crippen LogP contribution in [-0.4, -0.2) is 53.7 Å². The molecule has 0 unspecified atom stereocenters. The van der Waals surface area contributed by atoms with Crippen molar-refractivity contribution in [2.24, 2.45) is 0 Å². The molecule has 0 spiro atoms.